The molecule has 1 amide bonds. The molecule has 0 aliphatic heterocycles. The summed E-state index contributed by atoms with van der Waals surface area (Å²) in [4.78, 5) is 11.3. The molecule has 0 aliphatic rings. The van der Waals surface area contributed by atoms with E-state index in [4.69, 9.17) is 0 Å². The molecule has 0 atom stereocenters. The summed E-state index contributed by atoms with van der Waals surface area (Å²) in [5.41, 5.74) is 3.20. The summed E-state index contributed by atoms with van der Waals surface area (Å²) in [6.07, 6.45) is 4.32. The van der Waals surface area contributed by atoms with E-state index in [1.54, 1.807) is 7.05 Å². The van der Waals surface area contributed by atoms with Gasteiger partial charge in [-0.2, -0.15) is 5.10 Å². The Labute approximate surface area is 119 Å². The van der Waals surface area contributed by atoms with Crippen molar-refractivity contribution in [2.24, 2.45) is 0 Å². The lowest BCUT2D eigenvalue weighted by Gasteiger charge is -2.06. The molecule has 0 saturated heterocycles. The van der Waals surface area contributed by atoms with Crippen LogP contribution in [0.4, 0.5) is 5.69 Å². The summed E-state index contributed by atoms with van der Waals surface area (Å²) in [5, 5.41) is 10.2. The van der Waals surface area contributed by atoms with Crippen LogP contribution >= 0.6 is 0 Å². The summed E-state index contributed by atoms with van der Waals surface area (Å²) in [6.45, 7) is 3.69. The molecule has 2 N–H and O–H groups in total. The zero-order valence-electron chi connectivity index (χ0n) is 11.9. The molecule has 106 valence electrons. The van der Waals surface area contributed by atoms with Crippen LogP contribution in [0.5, 0.6) is 0 Å². The number of aromatic nitrogens is 2. The highest BCUT2D eigenvalue weighted by Crippen LogP contribution is 2.11. The van der Waals surface area contributed by atoms with Crippen LogP contribution in [0, 0.1) is 0 Å². The van der Waals surface area contributed by atoms with E-state index in [1.807, 2.05) is 41.3 Å². The Morgan fingerprint density at radius 1 is 1.25 bits per heavy atom. The molecular formula is C15H20N4O. The number of nitrogens with one attached hydrogen (secondary N) is 2. The number of hydrogen-bond acceptors (Lipinski definition) is 3. The third kappa shape index (κ3) is 3.85. The SMILES string of the molecule is CCn1cc(CNc2ccc(CC(=O)NC)cc2)cn1. The number of likely N-dealkylation sites (N-methyl/N-ethyl adjacent to an activating group) is 1. The molecule has 0 radical (unpaired) electrons. The Morgan fingerprint density at radius 2 is 2.00 bits per heavy atom. The number of amides is 1. The van der Waals surface area contributed by atoms with Crippen molar-refractivity contribution in [3.05, 3.63) is 47.8 Å². The van der Waals surface area contributed by atoms with Crippen LogP contribution in [-0.2, 0) is 24.3 Å². The molecule has 20 heavy (non-hydrogen) atoms. The second-order valence-corrected chi connectivity index (χ2v) is 4.60. The molecule has 1 aromatic heterocycles. The first-order chi connectivity index (χ1) is 9.71. The molecule has 2 aromatic rings. The Balaban J connectivity index is 1.88. The monoisotopic (exact) mass is 272 g/mol. The molecule has 2 rings (SSSR count). The average molecular weight is 272 g/mol. The van der Waals surface area contributed by atoms with Crippen LogP contribution in [0.1, 0.15) is 18.1 Å². The number of nitrogens with zero attached hydrogens (tertiary/aromatic N) is 2. The minimum Gasteiger partial charge on any atom is -0.381 e. The van der Waals surface area contributed by atoms with Crippen LogP contribution in [0.3, 0.4) is 0 Å². The molecule has 0 spiro atoms. The Morgan fingerprint density at radius 3 is 2.60 bits per heavy atom. The van der Waals surface area contributed by atoms with Gasteiger partial charge in [0.2, 0.25) is 5.91 Å². The smallest absolute Gasteiger partial charge is 0.224 e. The lowest BCUT2D eigenvalue weighted by Crippen LogP contribution is -2.19. The van der Waals surface area contributed by atoms with E-state index in [9.17, 15) is 4.79 Å². The number of benzene rings is 1. The minimum absolute atomic E-state index is 0.0256. The van der Waals surface area contributed by atoms with Crippen molar-refractivity contribution in [1.29, 1.82) is 0 Å². The van der Waals surface area contributed by atoms with E-state index in [2.05, 4.69) is 22.7 Å². The van der Waals surface area contributed by atoms with E-state index in [0.29, 0.717) is 6.42 Å². The molecule has 0 unspecified atom stereocenters. The van der Waals surface area contributed by atoms with Crippen molar-refractivity contribution in [2.45, 2.75) is 26.4 Å². The second-order valence-electron chi connectivity index (χ2n) is 4.60. The highest BCUT2D eigenvalue weighted by molar-refractivity contribution is 5.78. The molecule has 0 bridgehead atoms. The molecule has 0 aliphatic carbocycles. The van der Waals surface area contributed by atoms with Crippen LogP contribution in [0.25, 0.3) is 0 Å². The van der Waals surface area contributed by atoms with E-state index in [-0.39, 0.29) is 5.91 Å². The molecule has 5 nitrogen and oxygen atoms in total. The minimum atomic E-state index is 0.0256. The van der Waals surface area contributed by atoms with Crippen LogP contribution < -0.4 is 10.6 Å². The Hall–Kier alpha value is -2.30. The van der Waals surface area contributed by atoms with Gasteiger partial charge in [0.25, 0.3) is 0 Å². The van der Waals surface area contributed by atoms with Crippen molar-refractivity contribution in [3.63, 3.8) is 0 Å². The third-order valence-electron chi connectivity index (χ3n) is 3.10. The summed E-state index contributed by atoms with van der Waals surface area (Å²) in [6, 6.07) is 7.91. The highest BCUT2D eigenvalue weighted by Gasteiger charge is 2.01. The first kappa shape index (κ1) is 14.1. The fraction of sp³-hybridized carbons (Fsp3) is 0.333. The highest BCUT2D eigenvalue weighted by atomic mass is 16.1. The quantitative estimate of drug-likeness (QED) is 0.843. The molecule has 1 heterocycles. The van der Waals surface area contributed by atoms with Crippen molar-refractivity contribution >= 4 is 11.6 Å². The van der Waals surface area contributed by atoms with Gasteiger partial charge in [0.1, 0.15) is 0 Å². The van der Waals surface area contributed by atoms with Gasteiger partial charge >= 0.3 is 0 Å². The third-order valence-corrected chi connectivity index (χ3v) is 3.10. The summed E-state index contributed by atoms with van der Waals surface area (Å²) < 4.78 is 1.91. The number of hydrogen-bond donors (Lipinski definition) is 2. The largest absolute Gasteiger partial charge is 0.381 e. The normalized spacial score (nSPS) is 10.3. The fourth-order valence-electron chi connectivity index (χ4n) is 1.89. The number of carbonyl (C=O) groups excluding carboxylic acids is 1. The lowest BCUT2D eigenvalue weighted by atomic mass is 10.1. The average Bonchev–Trinajstić information content (AvgIpc) is 2.94. The zero-order chi connectivity index (χ0) is 14.4. The van der Waals surface area contributed by atoms with Gasteiger partial charge in [-0.15, -0.1) is 0 Å². The van der Waals surface area contributed by atoms with Gasteiger partial charge in [0, 0.05) is 37.6 Å². The van der Waals surface area contributed by atoms with Gasteiger partial charge in [0.15, 0.2) is 0 Å². The second kappa shape index (κ2) is 6.75. The van der Waals surface area contributed by atoms with Crippen molar-refractivity contribution in [3.8, 4) is 0 Å². The van der Waals surface area contributed by atoms with Gasteiger partial charge in [-0.25, -0.2) is 0 Å². The summed E-state index contributed by atoms with van der Waals surface area (Å²) in [7, 11) is 1.65. The standard InChI is InChI=1S/C15H20N4O/c1-3-19-11-13(10-18-19)9-17-14-6-4-12(5-7-14)8-15(20)16-2/h4-7,10-11,17H,3,8-9H2,1-2H3,(H,16,20). The van der Waals surface area contributed by atoms with Crippen LogP contribution in [-0.4, -0.2) is 22.7 Å². The maximum atomic E-state index is 11.3. The van der Waals surface area contributed by atoms with Crippen molar-refractivity contribution in [1.82, 2.24) is 15.1 Å². The van der Waals surface area contributed by atoms with Crippen LogP contribution in [0.15, 0.2) is 36.7 Å². The molecule has 1 aromatic carbocycles. The molecule has 0 saturated carbocycles. The summed E-state index contributed by atoms with van der Waals surface area (Å²) in [5.74, 6) is 0.0256. The van der Waals surface area contributed by atoms with Gasteiger partial charge in [0.05, 0.1) is 12.6 Å². The van der Waals surface area contributed by atoms with E-state index >= 15 is 0 Å². The predicted octanol–water partition coefficient (Wildman–Crippen LogP) is 1.80. The maximum Gasteiger partial charge on any atom is 0.224 e. The first-order valence-electron chi connectivity index (χ1n) is 6.76. The number of anilines is 1. The van der Waals surface area contributed by atoms with E-state index in [1.165, 1.54) is 0 Å². The zero-order valence-corrected chi connectivity index (χ0v) is 11.9. The number of rotatable bonds is 6. The Bertz CT molecular complexity index is 560. The van der Waals surface area contributed by atoms with E-state index in [0.717, 1.165) is 29.9 Å². The van der Waals surface area contributed by atoms with Gasteiger partial charge in [-0.3, -0.25) is 9.48 Å². The van der Waals surface area contributed by atoms with E-state index < -0.39 is 0 Å². The number of aryl methyl sites for hydroxylation is 1. The predicted molar refractivity (Wildman–Crippen MR) is 79.4 cm³/mol. The number of carbonyl (C=O) groups is 1. The van der Waals surface area contributed by atoms with Gasteiger partial charge in [-0.05, 0) is 24.6 Å². The molecular weight excluding hydrogens is 252 g/mol. The van der Waals surface area contributed by atoms with Gasteiger partial charge in [-0.1, -0.05) is 12.1 Å². The van der Waals surface area contributed by atoms with Crippen molar-refractivity contribution in [2.75, 3.05) is 12.4 Å². The van der Waals surface area contributed by atoms with Gasteiger partial charge < -0.3 is 10.6 Å². The lowest BCUT2D eigenvalue weighted by molar-refractivity contribution is -0.119. The van der Waals surface area contributed by atoms with Crippen molar-refractivity contribution < 1.29 is 4.79 Å². The molecule has 0 fully saturated rings. The topological polar surface area (TPSA) is 59.0 Å². The molecule has 5 heteroatoms. The first-order valence-corrected chi connectivity index (χ1v) is 6.76. The fourth-order valence-corrected chi connectivity index (χ4v) is 1.89. The Kier molecular flexibility index (Phi) is 4.76. The summed E-state index contributed by atoms with van der Waals surface area (Å²) >= 11 is 0. The van der Waals surface area contributed by atoms with Crippen LogP contribution in [0.2, 0.25) is 0 Å². The maximum absolute atomic E-state index is 11.3.